The molecule has 1 aromatic rings. The van der Waals surface area contributed by atoms with E-state index in [0.29, 0.717) is 35.5 Å². The summed E-state index contributed by atoms with van der Waals surface area (Å²) in [6.07, 6.45) is 0. The minimum absolute atomic E-state index is 0.363. The van der Waals surface area contributed by atoms with Crippen molar-refractivity contribution in [2.45, 2.75) is 0 Å². The fourth-order valence-corrected chi connectivity index (χ4v) is 2.10. The lowest BCUT2D eigenvalue weighted by Gasteiger charge is -2.33. The van der Waals surface area contributed by atoms with Gasteiger partial charge in [-0.05, 0) is 6.07 Å². The number of halogens is 2. The summed E-state index contributed by atoms with van der Waals surface area (Å²) in [5.74, 6) is 1.05. The van der Waals surface area contributed by atoms with Crippen molar-refractivity contribution in [3.63, 3.8) is 0 Å². The van der Waals surface area contributed by atoms with Gasteiger partial charge in [-0.1, -0.05) is 18.2 Å². The summed E-state index contributed by atoms with van der Waals surface area (Å²) >= 11 is 11.7. The second-order valence-electron chi connectivity index (χ2n) is 3.54. The molecule has 0 saturated heterocycles. The summed E-state index contributed by atoms with van der Waals surface area (Å²) in [4.78, 5) is 1.97. The molecule has 16 heavy (non-hydrogen) atoms. The van der Waals surface area contributed by atoms with E-state index in [2.05, 4.69) is 6.58 Å². The van der Waals surface area contributed by atoms with Gasteiger partial charge in [-0.15, -0.1) is 11.6 Å². The van der Waals surface area contributed by atoms with Crippen molar-refractivity contribution < 1.29 is 4.74 Å². The van der Waals surface area contributed by atoms with E-state index in [1.165, 1.54) is 0 Å². The van der Waals surface area contributed by atoms with Crippen LogP contribution < -0.4 is 15.4 Å². The second-order valence-corrected chi connectivity index (χ2v) is 4.25. The number of allylic oxidation sites excluding steroid dienone is 1. The highest BCUT2D eigenvalue weighted by Crippen LogP contribution is 2.40. The Morgan fingerprint density at radius 2 is 2.31 bits per heavy atom. The highest BCUT2D eigenvalue weighted by Gasteiger charge is 2.22. The van der Waals surface area contributed by atoms with E-state index >= 15 is 0 Å². The lowest BCUT2D eigenvalue weighted by Crippen LogP contribution is -2.33. The Bertz CT molecular complexity index is 434. The molecular formula is C11H12Cl2N2O. The molecule has 0 spiro atoms. The largest absolute Gasteiger partial charge is 0.489 e. The van der Waals surface area contributed by atoms with Gasteiger partial charge >= 0.3 is 0 Å². The average Bonchev–Trinajstić information content (AvgIpc) is 2.26. The van der Waals surface area contributed by atoms with Crippen LogP contribution >= 0.6 is 23.2 Å². The van der Waals surface area contributed by atoms with Gasteiger partial charge in [0.15, 0.2) is 0 Å². The van der Waals surface area contributed by atoms with Crippen molar-refractivity contribution in [3.8, 4) is 5.75 Å². The van der Waals surface area contributed by atoms with Gasteiger partial charge in [-0.25, -0.2) is 0 Å². The second kappa shape index (κ2) is 4.44. The summed E-state index contributed by atoms with van der Waals surface area (Å²) in [5, 5.41) is 0.564. The maximum Gasteiger partial charge on any atom is 0.146 e. The number of rotatable bonds is 2. The van der Waals surface area contributed by atoms with Crippen molar-refractivity contribution in [2.75, 3.05) is 29.7 Å². The number of hydrogen-bond acceptors (Lipinski definition) is 3. The van der Waals surface area contributed by atoms with Crippen molar-refractivity contribution >= 4 is 34.6 Å². The van der Waals surface area contributed by atoms with Crippen LogP contribution in [0.15, 0.2) is 24.4 Å². The summed E-state index contributed by atoms with van der Waals surface area (Å²) < 4.78 is 5.52. The zero-order valence-electron chi connectivity index (χ0n) is 8.67. The van der Waals surface area contributed by atoms with Crippen molar-refractivity contribution in [3.05, 3.63) is 29.4 Å². The van der Waals surface area contributed by atoms with Crippen LogP contribution in [-0.2, 0) is 0 Å². The third kappa shape index (κ3) is 1.93. The smallest absolute Gasteiger partial charge is 0.146 e. The molecule has 0 fully saturated rings. The first-order valence-electron chi connectivity index (χ1n) is 4.86. The van der Waals surface area contributed by atoms with Gasteiger partial charge < -0.3 is 15.4 Å². The first kappa shape index (κ1) is 11.4. The van der Waals surface area contributed by atoms with Crippen molar-refractivity contribution in [1.82, 2.24) is 0 Å². The number of hydrogen-bond donors (Lipinski definition) is 1. The Morgan fingerprint density at radius 3 is 3.00 bits per heavy atom. The minimum Gasteiger partial charge on any atom is -0.489 e. The summed E-state index contributed by atoms with van der Waals surface area (Å²) in [7, 11) is 0. The Kier molecular flexibility index (Phi) is 3.17. The van der Waals surface area contributed by atoms with E-state index in [4.69, 9.17) is 33.7 Å². The van der Waals surface area contributed by atoms with Crippen LogP contribution in [0.4, 0.5) is 11.4 Å². The van der Waals surface area contributed by atoms with E-state index in [0.717, 1.165) is 11.4 Å². The number of benzene rings is 1. The number of fused-ring (bicyclic) bond motifs is 1. The zero-order chi connectivity index (χ0) is 11.7. The lowest BCUT2D eigenvalue weighted by atomic mass is 10.2. The SMILES string of the molecule is C=C(CCl)N1CCOc2cc(Cl)cc(N)c21. The summed E-state index contributed by atoms with van der Waals surface area (Å²) in [6.45, 7) is 5.18. The molecule has 2 rings (SSSR count). The average molecular weight is 259 g/mol. The molecule has 0 aliphatic carbocycles. The lowest BCUT2D eigenvalue weighted by molar-refractivity contribution is 0.312. The van der Waals surface area contributed by atoms with E-state index < -0.39 is 0 Å². The Balaban J connectivity index is 2.49. The van der Waals surface area contributed by atoms with Crippen molar-refractivity contribution in [1.29, 1.82) is 0 Å². The van der Waals surface area contributed by atoms with E-state index in [1.54, 1.807) is 12.1 Å². The molecule has 0 saturated carbocycles. The number of ether oxygens (including phenoxy) is 1. The van der Waals surface area contributed by atoms with Gasteiger partial charge in [0, 0.05) is 16.8 Å². The molecule has 0 atom stereocenters. The molecule has 0 unspecified atom stereocenters. The summed E-state index contributed by atoms with van der Waals surface area (Å²) in [5.41, 5.74) is 8.12. The number of nitrogen functional groups attached to an aromatic ring is 1. The highest BCUT2D eigenvalue weighted by atomic mass is 35.5. The third-order valence-electron chi connectivity index (χ3n) is 2.45. The van der Waals surface area contributed by atoms with Crippen LogP contribution in [-0.4, -0.2) is 19.0 Å². The molecule has 0 bridgehead atoms. The number of nitrogens with two attached hydrogens (primary N) is 1. The van der Waals surface area contributed by atoms with Gasteiger partial charge in [0.2, 0.25) is 0 Å². The van der Waals surface area contributed by atoms with Crippen LogP contribution in [0, 0.1) is 0 Å². The van der Waals surface area contributed by atoms with E-state index in [9.17, 15) is 0 Å². The topological polar surface area (TPSA) is 38.5 Å². The van der Waals surface area contributed by atoms with Crippen molar-refractivity contribution in [2.24, 2.45) is 0 Å². The number of nitrogens with zero attached hydrogens (tertiary/aromatic N) is 1. The third-order valence-corrected chi connectivity index (χ3v) is 2.97. The molecule has 0 radical (unpaired) electrons. The van der Waals surface area contributed by atoms with Gasteiger partial charge in [-0.3, -0.25) is 0 Å². The molecule has 0 aromatic heterocycles. The molecule has 2 N–H and O–H groups in total. The van der Waals surface area contributed by atoms with Gasteiger partial charge in [-0.2, -0.15) is 0 Å². The fourth-order valence-electron chi connectivity index (χ4n) is 1.74. The van der Waals surface area contributed by atoms with Crippen LogP contribution in [0.1, 0.15) is 0 Å². The monoisotopic (exact) mass is 258 g/mol. The van der Waals surface area contributed by atoms with Crippen LogP contribution in [0.3, 0.4) is 0 Å². The molecule has 1 aliphatic rings. The van der Waals surface area contributed by atoms with Crippen LogP contribution in [0.25, 0.3) is 0 Å². The van der Waals surface area contributed by atoms with Gasteiger partial charge in [0.25, 0.3) is 0 Å². The minimum atomic E-state index is 0.363. The fraction of sp³-hybridized carbons (Fsp3) is 0.273. The molecule has 5 heteroatoms. The molecular weight excluding hydrogens is 247 g/mol. The van der Waals surface area contributed by atoms with E-state index in [1.807, 2.05) is 4.90 Å². The Morgan fingerprint density at radius 1 is 1.56 bits per heavy atom. The normalized spacial score (nSPS) is 14.2. The predicted molar refractivity (Wildman–Crippen MR) is 68.6 cm³/mol. The molecule has 1 aromatic carbocycles. The molecule has 1 aliphatic heterocycles. The number of anilines is 2. The maximum atomic E-state index is 5.93. The predicted octanol–water partition coefficient (Wildman–Crippen LogP) is 2.87. The molecule has 1 heterocycles. The van der Waals surface area contributed by atoms with E-state index in [-0.39, 0.29) is 0 Å². The summed E-state index contributed by atoms with van der Waals surface area (Å²) in [6, 6.07) is 3.45. The first-order chi connectivity index (χ1) is 7.63. The number of alkyl halides is 1. The first-order valence-corrected chi connectivity index (χ1v) is 5.78. The highest BCUT2D eigenvalue weighted by molar-refractivity contribution is 6.31. The quantitative estimate of drug-likeness (QED) is 0.655. The molecule has 3 nitrogen and oxygen atoms in total. The standard InChI is InChI=1S/C11H12Cl2N2O/c1-7(6-12)15-2-3-16-10-5-8(13)4-9(14)11(10)15/h4-5H,1-3,6,14H2. The zero-order valence-corrected chi connectivity index (χ0v) is 10.2. The Labute approximate surface area is 104 Å². The molecule has 86 valence electrons. The van der Waals surface area contributed by atoms with Crippen LogP contribution in [0.5, 0.6) is 5.75 Å². The van der Waals surface area contributed by atoms with Gasteiger partial charge in [0.1, 0.15) is 18.0 Å². The van der Waals surface area contributed by atoms with Crippen LogP contribution in [0.2, 0.25) is 5.02 Å². The Hall–Kier alpha value is -1.06. The maximum absolute atomic E-state index is 5.93. The van der Waals surface area contributed by atoms with Gasteiger partial charge in [0.05, 0.1) is 18.1 Å². The molecule has 0 amide bonds.